The first-order valence-electron chi connectivity index (χ1n) is 7.17. The monoisotopic (exact) mass is 307 g/mol. The summed E-state index contributed by atoms with van der Waals surface area (Å²) in [7, 11) is 0. The zero-order chi connectivity index (χ0) is 15.7. The van der Waals surface area contributed by atoms with E-state index in [1.165, 1.54) is 5.56 Å². The van der Waals surface area contributed by atoms with E-state index >= 15 is 0 Å². The number of aryl methyl sites for hydroxylation is 1. The lowest BCUT2D eigenvalue weighted by Gasteiger charge is -2.31. The predicted molar refractivity (Wildman–Crippen MR) is 78.9 cm³/mol. The number of phenolic OH excluding ortho intramolecular Hbond substituents is 1. The molecule has 2 aromatic rings. The molecule has 3 rings (SSSR count). The lowest BCUT2D eigenvalue weighted by atomic mass is 10.0. The van der Waals surface area contributed by atoms with Crippen LogP contribution in [0.5, 0.6) is 5.75 Å². The van der Waals surface area contributed by atoms with Gasteiger partial charge in [-0.15, -0.1) is 0 Å². The van der Waals surface area contributed by atoms with Crippen molar-refractivity contribution in [3.8, 4) is 5.75 Å². The Morgan fingerprint density at radius 2 is 1.86 bits per heavy atom. The summed E-state index contributed by atoms with van der Waals surface area (Å²) in [5.41, 5.74) is 1.87. The van der Waals surface area contributed by atoms with Crippen LogP contribution in [0.25, 0.3) is 0 Å². The van der Waals surface area contributed by atoms with Crippen LogP contribution in [-0.2, 0) is 19.1 Å². The molecule has 1 aliphatic heterocycles. The lowest BCUT2D eigenvalue weighted by Crippen LogP contribution is -2.28. The largest absolute Gasteiger partial charge is 0.507 e. The summed E-state index contributed by atoms with van der Waals surface area (Å²) in [5.74, 6) is -0.727. The maximum Gasteiger partial charge on any atom is 0.419 e. The summed E-state index contributed by atoms with van der Waals surface area (Å²) >= 11 is 0. The summed E-state index contributed by atoms with van der Waals surface area (Å²) < 4.78 is 38.6. The molecule has 0 atom stereocenters. The van der Waals surface area contributed by atoms with Crippen LogP contribution in [0.4, 0.5) is 18.9 Å². The Bertz CT molecular complexity index is 682. The highest BCUT2D eigenvalue weighted by molar-refractivity contribution is 5.56. The van der Waals surface area contributed by atoms with Gasteiger partial charge in [-0.3, -0.25) is 0 Å². The molecular formula is C17H16F3NO. The van der Waals surface area contributed by atoms with Gasteiger partial charge in [0.05, 0.1) is 5.56 Å². The molecule has 0 aromatic heterocycles. The number of hydrogen-bond acceptors (Lipinski definition) is 2. The average Bonchev–Trinajstić information content (AvgIpc) is 2.48. The second-order valence-corrected chi connectivity index (χ2v) is 5.50. The van der Waals surface area contributed by atoms with Crippen LogP contribution < -0.4 is 4.90 Å². The lowest BCUT2D eigenvalue weighted by molar-refractivity contribution is -0.138. The van der Waals surface area contributed by atoms with E-state index in [-0.39, 0.29) is 0 Å². The van der Waals surface area contributed by atoms with Crippen molar-refractivity contribution in [2.75, 3.05) is 11.4 Å². The topological polar surface area (TPSA) is 23.5 Å². The Morgan fingerprint density at radius 3 is 2.64 bits per heavy atom. The van der Waals surface area contributed by atoms with Gasteiger partial charge in [-0.25, -0.2) is 0 Å². The normalized spacial score (nSPS) is 14.8. The van der Waals surface area contributed by atoms with Crippen LogP contribution in [-0.4, -0.2) is 11.7 Å². The zero-order valence-corrected chi connectivity index (χ0v) is 11.9. The van der Waals surface area contributed by atoms with Crippen molar-refractivity contribution >= 4 is 5.69 Å². The highest BCUT2D eigenvalue weighted by atomic mass is 19.4. The van der Waals surface area contributed by atoms with Crippen LogP contribution in [0, 0.1) is 0 Å². The minimum Gasteiger partial charge on any atom is -0.507 e. The summed E-state index contributed by atoms with van der Waals surface area (Å²) in [6, 6.07) is 11.7. The molecule has 0 amide bonds. The maximum atomic E-state index is 12.9. The van der Waals surface area contributed by atoms with E-state index in [4.69, 9.17) is 0 Å². The first kappa shape index (κ1) is 14.8. The van der Waals surface area contributed by atoms with E-state index < -0.39 is 17.5 Å². The molecule has 0 aliphatic carbocycles. The molecule has 0 saturated heterocycles. The van der Waals surface area contributed by atoms with E-state index in [1.54, 1.807) is 6.07 Å². The summed E-state index contributed by atoms with van der Waals surface area (Å²) in [6.07, 6.45) is -2.56. The van der Waals surface area contributed by atoms with E-state index in [0.717, 1.165) is 37.2 Å². The number of anilines is 1. The van der Waals surface area contributed by atoms with Gasteiger partial charge in [-0.2, -0.15) is 13.2 Å². The molecular weight excluding hydrogens is 291 g/mol. The SMILES string of the molecule is Oc1ccc(CN2CCCc3ccccc32)cc1C(F)(F)F. The van der Waals surface area contributed by atoms with E-state index in [0.29, 0.717) is 12.1 Å². The molecule has 2 aromatic carbocycles. The van der Waals surface area contributed by atoms with Crippen molar-refractivity contribution < 1.29 is 18.3 Å². The molecule has 0 fully saturated rings. The molecule has 1 heterocycles. The fourth-order valence-corrected chi connectivity index (χ4v) is 2.90. The number of rotatable bonds is 2. The maximum absolute atomic E-state index is 12.9. The van der Waals surface area contributed by atoms with Crippen molar-refractivity contribution in [1.29, 1.82) is 0 Å². The number of para-hydroxylation sites is 1. The van der Waals surface area contributed by atoms with Gasteiger partial charge in [0.2, 0.25) is 0 Å². The fourth-order valence-electron chi connectivity index (χ4n) is 2.90. The first-order valence-corrected chi connectivity index (χ1v) is 7.17. The second kappa shape index (κ2) is 5.55. The van der Waals surface area contributed by atoms with Gasteiger partial charge in [0, 0.05) is 18.8 Å². The van der Waals surface area contributed by atoms with Crippen LogP contribution in [0.2, 0.25) is 0 Å². The molecule has 0 radical (unpaired) electrons. The van der Waals surface area contributed by atoms with E-state index in [1.807, 2.05) is 18.2 Å². The minimum absolute atomic E-state index is 0.403. The third-order valence-electron chi connectivity index (χ3n) is 3.95. The summed E-state index contributed by atoms with van der Waals surface area (Å²) in [4.78, 5) is 2.09. The number of phenols is 1. The number of fused-ring (bicyclic) bond motifs is 1. The Kier molecular flexibility index (Phi) is 3.72. The van der Waals surface area contributed by atoms with Gasteiger partial charge in [0.15, 0.2) is 0 Å². The van der Waals surface area contributed by atoms with Crippen molar-refractivity contribution in [2.45, 2.75) is 25.6 Å². The molecule has 116 valence electrons. The molecule has 0 unspecified atom stereocenters. The Labute approximate surface area is 126 Å². The Morgan fingerprint density at radius 1 is 1.09 bits per heavy atom. The third-order valence-corrected chi connectivity index (χ3v) is 3.95. The summed E-state index contributed by atoms with van der Waals surface area (Å²) in [6.45, 7) is 1.22. The van der Waals surface area contributed by atoms with Crippen LogP contribution in [0.15, 0.2) is 42.5 Å². The number of alkyl halides is 3. The number of halogens is 3. The zero-order valence-electron chi connectivity index (χ0n) is 11.9. The van der Waals surface area contributed by atoms with Crippen molar-refractivity contribution in [1.82, 2.24) is 0 Å². The van der Waals surface area contributed by atoms with Gasteiger partial charge in [-0.1, -0.05) is 24.3 Å². The number of hydrogen-bond donors (Lipinski definition) is 1. The smallest absolute Gasteiger partial charge is 0.419 e. The highest BCUT2D eigenvalue weighted by Gasteiger charge is 2.34. The van der Waals surface area contributed by atoms with Crippen molar-refractivity contribution in [3.63, 3.8) is 0 Å². The molecule has 1 aliphatic rings. The molecule has 1 N–H and O–H groups in total. The van der Waals surface area contributed by atoms with E-state index in [2.05, 4.69) is 11.0 Å². The third kappa shape index (κ3) is 2.89. The number of nitrogens with zero attached hydrogens (tertiary/aromatic N) is 1. The standard InChI is InChI=1S/C17H16F3NO/c18-17(19,20)14-10-12(7-8-16(14)22)11-21-9-3-5-13-4-1-2-6-15(13)21/h1-2,4,6-8,10,22H,3,5,9,11H2. The second-order valence-electron chi connectivity index (χ2n) is 5.50. The van der Waals surface area contributed by atoms with Crippen LogP contribution >= 0.6 is 0 Å². The van der Waals surface area contributed by atoms with Gasteiger partial charge in [0.1, 0.15) is 5.75 Å². The van der Waals surface area contributed by atoms with Gasteiger partial charge in [-0.05, 0) is 42.2 Å². The first-order chi connectivity index (χ1) is 10.4. The quantitative estimate of drug-likeness (QED) is 0.891. The molecule has 0 bridgehead atoms. The van der Waals surface area contributed by atoms with Crippen molar-refractivity contribution in [2.24, 2.45) is 0 Å². The predicted octanol–water partition coefficient (Wildman–Crippen LogP) is 4.36. The van der Waals surface area contributed by atoms with Crippen LogP contribution in [0.3, 0.4) is 0 Å². The van der Waals surface area contributed by atoms with E-state index in [9.17, 15) is 18.3 Å². The molecule has 0 saturated carbocycles. The fraction of sp³-hybridized carbons (Fsp3) is 0.294. The number of aromatic hydroxyl groups is 1. The van der Waals surface area contributed by atoms with Gasteiger partial charge >= 0.3 is 6.18 Å². The highest BCUT2D eigenvalue weighted by Crippen LogP contribution is 2.37. The van der Waals surface area contributed by atoms with Crippen molar-refractivity contribution in [3.05, 3.63) is 59.2 Å². The minimum atomic E-state index is -4.54. The molecule has 5 heteroatoms. The van der Waals surface area contributed by atoms with Gasteiger partial charge in [0.25, 0.3) is 0 Å². The van der Waals surface area contributed by atoms with Crippen LogP contribution in [0.1, 0.15) is 23.1 Å². The summed E-state index contributed by atoms with van der Waals surface area (Å²) in [5, 5.41) is 9.40. The molecule has 22 heavy (non-hydrogen) atoms. The Hall–Kier alpha value is -2.17. The molecule has 2 nitrogen and oxygen atoms in total. The Balaban J connectivity index is 1.89. The molecule has 0 spiro atoms. The number of benzene rings is 2. The van der Waals surface area contributed by atoms with Gasteiger partial charge < -0.3 is 10.0 Å². The average molecular weight is 307 g/mol.